The summed E-state index contributed by atoms with van der Waals surface area (Å²) in [5.74, 6) is -2.46. The van der Waals surface area contributed by atoms with Gasteiger partial charge in [0.15, 0.2) is 0 Å². The molecule has 0 saturated carbocycles. The topological polar surface area (TPSA) is 165 Å². The number of hydrogen-bond acceptors (Lipinski definition) is 4. The van der Waals surface area contributed by atoms with Crippen molar-refractivity contribution in [3.05, 3.63) is 97.6 Å². The van der Waals surface area contributed by atoms with E-state index in [9.17, 15) is 29.4 Å². The van der Waals surface area contributed by atoms with Gasteiger partial charge in [-0.05, 0) is 86.6 Å². The maximum absolute atomic E-state index is 12.3. The van der Waals surface area contributed by atoms with Gasteiger partial charge in [0, 0.05) is 71.1 Å². The van der Waals surface area contributed by atoms with E-state index in [0.717, 1.165) is 22.3 Å². The van der Waals surface area contributed by atoms with Crippen LogP contribution in [0.4, 0.5) is 0 Å². The molecule has 0 fully saturated rings. The van der Waals surface area contributed by atoms with Crippen LogP contribution in [0.3, 0.4) is 0 Å². The summed E-state index contributed by atoms with van der Waals surface area (Å²) in [5.41, 5.74) is 7.97. The fraction of sp³-hybridized carbons (Fsp3) is 0.242. The second-order valence-corrected chi connectivity index (χ2v) is 10.5. The predicted octanol–water partition coefficient (Wildman–Crippen LogP) is 3.06. The minimum Gasteiger partial charge on any atom is -0.481 e. The molecule has 224 valence electrons. The van der Waals surface area contributed by atoms with E-state index in [0.29, 0.717) is 55.8 Å². The number of carbonyl (C=O) groups is 4. The smallest absolute Gasteiger partial charge is 0.303 e. The maximum atomic E-state index is 12.3. The molecule has 2 aliphatic rings. The van der Waals surface area contributed by atoms with Crippen LogP contribution in [-0.4, -0.2) is 49.6 Å². The van der Waals surface area contributed by atoms with Crippen LogP contribution in [0.1, 0.15) is 60.3 Å². The van der Waals surface area contributed by atoms with Crippen molar-refractivity contribution in [3.8, 4) is 0 Å². The molecule has 0 saturated heterocycles. The van der Waals surface area contributed by atoms with Crippen molar-refractivity contribution in [2.24, 2.45) is 4.99 Å². The number of aliphatic carboxylic acids is 2. The molecule has 2 amide bonds. The number of aromatic nitrogens is 2. The molecule has 5 N–H and O–H groups in total. The summed E-state index contributed by atoms with van der Waals surface area (Å²) in [7, 11) is 0. The molecule has 44 heavy (non-hydrogen) atoms. The molecule has 0 aliphatic carbocycles. The van der Waals surface area contributed by atoms with Gasteiger partial charge in [-0.3, -0.25) is 19.2 Å². The minimum absolute atomic E-state index is 0. The summed E-state index contributed by atoms with van der Waals surface area (Å²) >= 11 is 0. The molecular weight excluding hydrogens is 614 g/mol. The molecule has 4 heterocycles. The van der Waals surface area contributed by atoms with Crippen molar-refractivity contribution in [1.29, 1.82) is 0 Å². The fourth-order valence-corrected chi connectivity index (χ4v) is 5.34. The van der Waals surface area contributed by atoms with Gasteiger partial charge in [-0.1, -0.05) is 25.3 Å². The molecular formula is C33H34N4O6Zn. The summed E-state index contributed by atoms with van der Waals surface area (Å²) < 4.78 is 0. The Morgan fingerprint density at radius 2 is 1.39 bits per heavy atom. The molecule has 2 aromatic rings. The van der Waals surface area contributed by atoms with E-state index in [1.165, 1.54) is 6.08 Å². The number of aliphatic imine (C=N–C) groups is 1. The monoisotopic (exact) mass is 646 g/mol. The zero-order chi connectivity index (χ0) is 31.6. The zero-order valence-electron chi connectivity index (χ0n) is 25.3. The minimum atomic E-state index is -0.941. The summed E-state index contributed by atoms with van der Waals surface area (Å²) in [6.45, 7) is 14.8. The summed E-state index contributed by atoms with van der Waals surface area (Å²) in [4.78, 5) is 58.4. The standard InChI is InChI=1S/C33H34N4O6.Zn/c1-7-20-19(6)32(42)37-27(20)14-25-18(5)23(10-12-31(40)41)29(35-25)15-28-22(9-11-30(38)39)17(4)24(34-28)13-26-16(3)21(8-2)33(43)36-26;/h7-8,13-15,34-35H,1-2,9-12H2,3-6H3,(H,37,42)(H,38,39)(H,40,41);/b24-13?,27-14-,28-15-;. The number of carboxylic acid groups (broad SMARTS) is 2. The fourth-order valence-electron chi connectivity index (χ4n) is 5.34. The van der Waals surface area contributed by atoms with Crippen molar-refractivity contribution in [1.82, 2.24) is 15.3 Å². The Morgan fingerprint density at radius 1 is 0.773 bits per heavy atom. The Labute approximate surface area is 267 Å². The molecule has 2 aliphatic heterocycles. The van der Waals surface area contributed by atoms with E-state index in [1.54, 1.807) is 32.1 Å². The Hall–Kier alpha value is -4.63. The molecule has 2 aromatic heterocycles. The van der Waals surface area contributed by atoms with Crippen LogP contribution in [0.15, 0.2) is 58.3 Å². The predicted molar refractivity (Wildman–Crippen MR) is 165 cm³/mol. The van der Waals surface area contributed by atoms with Gasteiger partial charge in [-0.2, -0.15) is 0 Å². The number of carbonyl (C=O) groups excluding carboxylic acids is 2. The first kappa shape index (κ1) is 33.9. The molecule has 0 aromatic carbocycles. The van der Waals surface area contributed by atoms with Gasteiger partial charge in [0.05, 0.1) is 11.4 Å². The van der Waals surface area contributed by atoms with Crippen LogP contribution in [0.5, 0.6) is 0 Å². The van der Waals surface area contributed by atoms with Crippen molar-refractivity contribution < 1.29 is 48.9 Å². The van der Waals surface area contributed by atoms with Crippen molar-refractivity contribution in [2.45, 2.75) is 53.4 Å². The van der Waals surface area contributed by atoms with Crippen LogP contribution < -0.4 is 16.0 Å². The number of amides is 2. The molecule has 0 bridgehead atoms. The van der Waals surface area contributed by atoms with Gasteiger partial charge in [0.2, 0.25) is 0 Å². The first-order valence-electron chi connectivity index (χ1n) is 13.8. The Morgan fingerprint density at radius 3 is 1.95 bits per heavy atom. The molecule has 11 heteroatoms. The summed E-state index contributed by atoms with van der Waals surface area (Å²) in [5, 5.41) is 23.0. The van der Waals surface area contributed by atoms with Crippen LogP contribution in [0.25, 0.3) is 18.2 Å². The largest absolute Gasteiger partial charge is 0.481 e. The number of hydrogen-bond donors (Lipinski definition) is 5. The maximum Gasteiger partial charge on any atom is 0.303 e. The summed E-state index contributed by atoms with van der Waals surface area (Å²) in [6.07, 6.45) is 8.80. The zero-order valence-corrected chi connectivity index (χ0v) is 28.3. The molecule has 0 radical (unpaired) electrons. The normalized spacial score (nSPS) is 16.5. The second kappa shape index (κ2) is 13.8. The number of rotatable bonds is 11. The Bertz CT molecular complexity index is 1860. The van der Waals surface area contributed by atoms with Crippen LogP contribution in [0, 0.1) is 13.8 Å². The molecule has 4 rings (SSSR count). The van der Waals surface area contributed by atoms with Crippen LogP contribution in [-0.2, 0) is 51.5 Å². The van der Waals surface area contributed by atoms with Gasteiger partial charge in [0.1, 0.15) is 0 Å². The van der Waals surface area contributed by atoms with Gasteiger partial charge < -0.3 is 25.5 Å². The average molecular weight is 648 g/mol. The third kappa shape index (κ3) is 6.78. The van der Waals surface area contributed by atoms with E-state index in [1.807, 2.05) is 19.9 Å². The molecule has 0 spiro atoms. The number of nitrogens with zero attached hydrogens (tertiary/aromatic N) is 1. The Kier molecular flexibility index (Phi) is 10.6. The molecule has 10 nitrogen and oxygen atoms in total. The third-order valence-electron chi connectivity index (χ3n) is 7.87. The number of allylic oxidation sites excluding steroid dienone is 2. The number of carboxylic acids is 2. The number of H-pyrrole nitrogens is 2. The number of aromatic amines is 2. The van der Waals surface area contributed by atoms with Crippen molar-refractivity contribution in [2.75, 3.05) is 0 Å². The first-order valence-corrected chi connectivity index (χ1v) is 13.8. The van der Waals surface area contributed by atoms with Gasteiger partial charge >= 0.3 is 11.9 Å². The first-order chi connectivity index (χ1) is 20.4. The number of nitrogens with one attached hydrogen (secondary N) is 3. The second-order valence-electron chi connectivity index (χ2n) is 10.5. The SMILES string of the molecule is C=CC1=C(C)C(C=c2[nH]/c(=C\c3[nH]c(/C=C4\NC(=O)C(C)=C4C=C)c(C)c3CCC(=O)O)c(CCC(=O)O)c2C)=NC1=O.[Zn]. The van der Waals surface area contributed by atoms with E-state index in [-0.39, 0.29) is 57.0 Å². The van der Waals surface area contributed by atoms with E-state index < -0.39 is 11.9 Å². The van der Waals surface area contributed by atoms with Crippen molar-refractivity contribution in [3.63, 3.8) is 0 Å². The Balaban J connectivity index is 0.00000529. The van der Waals surface area contributed by atoms with Gasteiger partial charge in [0.25, 0.3) is 11.8 Å². The third-order valence-corrected chi connectivity index (χ3v) is 7.87. The van der Waals surface area contributed by atoms with Gasteiger partial charge in [-0.15, -0.1) is 0 Å². The van der Waals surface area contributed by atoms with Gasteiger partial charge in [-0.25, -0.2) is 4.99 Å². The summed E-state index contributed by atoms with van der Waals surface area (Å²) in [6, 6.07) is 0. The van der Waals surface area contributed by atoms with E-state index >= 15 is 0 Å². The average Bonchev–Trinajstić information content (AvgIpc) is 3.59. The molecule has 0 atom stereocenters. The van der Waals surface area contributed by atoms with Crippen molar-refractivity contribution >= 4 is 47.7 Å². The molecule has 0 unspecified atom stereocenters. The quantitative estimate of drug-likeness (QED) is 0.235. The van der Waals surface area contributed by atoms with E-state index in [4.69, 9.17) is 0 Å². The van der Waals surface area contributed by atoms with Crippen LogP contribution in [0.2, 0.25) is 0 Å². The van der Waals surface area contributed by atoms with Crippen LogP contribution >= 0.6 is 0 Å². The van der Waals surface area contributed by atoms with E-state index in [2.05, 4.69) is 33.4 Å².